The minimum absolute atomic E-state index is 0.731. The molecule has 0 aliphatic carbocycles. The van der Waals surface area contributed by atoms with Crippen molar-refractivity contribution in [1.82, 2.24) is 0 Å². The minimum atomic E-state index is 0.731. The van der Waals surface area contributed by atoms with Crippen LogP contribution < -0.4 is 0 Å². The van der Waals surface area contributed by atoms with Crippen LogP contribution in [0.15, 0.2) is 0 Å². The van der Waals surface area contributed by atoms with Crippen molar-refractivity contribution < 1.29 is 4.74 Å². The Labute approximate surface area is 121 Å². The highest BCUT2D eigenvalue weighted by molar-refractivity contribution is 4.90. The molecule has 1 heteroatoms. The Balaban J connectivity index is 3.02. The van der Waals surface area contributed by atoms with Crippen LogP contribution in [0.25, 0.3) is 0 Å². The van der Waals surface area contributed by atoms with Gasteiger partial charge in [-0.3, -0.25) is 0 Å². The maximum atomic E-state index is 5.16. The molecule has 0 aromatic heterocycles. The van der Waals surface area contributed by atoms with Crippen LogP contribution in [0.5, 0.6) is 0 Å². The van der Waals surface area contributed by atoms with E-state index in [1.807, 2.05) is 0 Å². The summed E-state index contributed by atoms with van der Waals surface area (Å²) in [5, 5.41) is 0. The zero-order valence-corrected chi connectivity index (χ0v) is 13.0. The van der Waals surface area contributed by atoms with E-state index in [9.17, 15) is 0 Å². The summed E-state index contributed by atoms with van der Waals surface area (Å²) >= 11 is 0. The lowest BCUT2D eigenvalue weighted by molar-refractivity contribution is 0.272. The average molecular weight is 265 g/mol. The second kappa shape index (κ2) is 17.4. The zero-order valence-electron chi connectivity index (χ0n) is 13.0. The summed E-state index contributed by atoms with van der Waals surface area (Å²) in [5.41, 5.74) is 0. The first-order chi connectivity index (χ1) is 9.41. The Kier molecular flexibility index (Phi) is 16.8. The first kappa shape index (κ1) is 18.4. The normalized spacial score (nSPS) is 10.0. The molecule has 19 heavy (non-hydrogen) atoms. The van der Waals surface area contributed by atoms with E-state index in [1.54, 1.807) is 0 Å². The van der Waals surface area contributed by atoms with Crippen LogP contribution in [0.1, 0.15) is 90.4 Å². The van der Waals surface area contributed by atoms with Crippen LogP contribution in [-0.2, 0) is 4.74 Å². The predicted molar refractivity (Wildman–Crippen MR) is 84.8 cm³/mol. The molecule has 0 N–H and O–H groups in total. The molecule has 0 fully saturated rings. The average Bonchev–Trinajstić information content (AvgIpc) is 2.43. The van der Waals surface area contributed by atoms with Crippen LogP contribution in [0.3, 0.4) is 0 Å². The summed E-state index contributed by atoms with van der Waals surface area (Å²) in [6, 6.07) is 0. The molecule has 0 atom stereocenters. The quantitative estimate of drug-likeness (QED) is 0.298. The van der Waals surface area contributed by atoms with Gasteiger partial charge in [-0.05, 0) is 12.8 Å². The fourth-order valence-electron chi connectivity index (χ4n) is 2.03. The zero-order chi connectivity index (χ0) is 14.0. The van der Waals surface area contributed by atoms with E-state index in [0.717, 1.165) is 25.9 Å². The van der Waals surface area contributed by atoms with Crippen LogP contribution in [0, 0.1) is 19.0 Å². The minimum Gasteiger partial charge on any atom is -0.447 e. The highest BCUT2D eigenvalue weighted by Crippen LogP contribution is 2.10. The van der Waals surface area contributed by atoms with Crippen molar-refractivity contribution in [2.45, 2.75) is 90.4 Å². The lowest BCUT2D eigenvalue weighted by Gasteiger charge is -2.00. The Bertz CT molecular complexity index is 211. The Hall–Kier alpha value is -0.640. The van der Waals surface area contributed by atoms with Gasteiger partial charge >= 0.3 is 0 Å². The second-order valence-corrected chi connectivity index (χ2v) is 5.27. The van der Waals surface area contributed by atoms with Gasteiger partial charge in [0, 0.05) is 6.42 Å². The van der Waals surface area contributed by atoms with Crippen molar-refractivity contribution in [3.05, 3.63) is 6.92 Å². The van der Waals surface area contributed by atoms with Crippen molar-refractivity contribution >= 4 is 0 Å². The van der Waals surface area contributed by atoms with Gasteiger partial charge in [0.1, 0.15) is 12.7 Å². The van der Waals surface area contributed by atoms with Crippen molar-refractivity contribution in [3.8, 4) is 12.0 Å². The topological polar surface area (TPSA) is 9.23 Å². The maximum Gasteiger partial charge on any atom is 0.110 e. The molecular weight excluding hydrogens is 232 g/mol. The van der Waals surface area contributed by atoms with E-state index in [-0.39, 0.29) is 0 Å². The second-order valence-electron chi connectivity index (χ2n) is 5.27. The third-order valence-electron chi connectivity index (χ3n) is 3.30. The fraction of sp³-hybridized carbons (Fsp3) is 0.833. The van der Waals surface area contributed by atoms with E-state index < -0.39 is 0 Å². The molecule has 0 rings (SSSR count). The molecule has 111 valence electrons. The highest BCUT2D eigenvalue weighted by atomic mass is 16.5. The van der Waals surface area contributed by atoms with E-state index in [4.69, 9.17) is 4.74 Å². The van der Waals surface area contributed by atoms with E-state index in [2.05, 4.69) is 25.9 Å². The third-order valence-corrected chi connectivity index (χ3v) is 3.30. The Morgan fingerprint density at radius 2 is 1.37 bits per heavy atom. The van der Waals surface area contributed by atoms with E-state index in [0.29, 0.717) is 0 Å². The fourth-order valence-corrected chi connectivity index (χ4v) is 2.03. The van der Waals surface area contributed by atoms with Crippen LogP contribution in [0.2, 0.25) is 0 Å². The molecular formula is C18H33O. The van der Waals surface area contributed by atoms with Crippen LogP contribution in [0.4, 0.5) is 0 Å². The van der Waals surface area contributed by atoms with Crippen molar-refractivity contribution in [1.29, 1.82) is 0 Å². The predicted octanol–water partition coefficient (Wildman–Crippen LogP) is 5.89. The number of unbranched alkanes of at least 4 members (excludes halogenated alkanes) is 11. The molecule has 0 aromatic rings. The highest BCUT2D eigenvalue weighted by Gasteiger charge is 1.91. The standard InChI is InChI=1S/C18H33O/c1-3-5-7-8-9-10-11-12-13-14-15-16-18-19-17-6-4-2/h2-15,17H2,1H3. The van der Waals surface area contributed by atoms with Gasteiger partial charge in [-0.25, -0.2) is 0 Å². The number of hydrogen-bond acceptors (Lipinski definition) is 1. The first-order valence-corrected chi connectivity index (χ1v) is 8.30. The molecule has 0 aromatic carbocycles. The van der Waals surface area contributed by atoms with Crippen LogP contribution in [-0.4, -0.2) is 6.61 Å². The molecule has 0 spiro atoms. The molecule has 0 saturated carbocycles. The molecule has 0 aliphatic heterocycles. The number of ether oxygens (including phenoxy) is 1. The molecule has 1 radical (unpaired) electrons. The Morgan fingerprint density at radius 3 is 1.95 bits per heavy atom. The van der Waals surface area contributed by atoms with Crippen LogP contribution >= 0.6 is 0 Å². The maximum absolute atomic E-state index is 5.16. The summed E-state index contributed by atoms with van der Waals surface area (Å²) in [5.74, 6) is 3.08. The molecule has 0 aliphatic rings. The molecule has 0 saturated heterocycles. The molecule has 0 unspecified atom stereocenters. The third kappa shape index (κ3) is 17.4. The number of rotatable bonds is 13. The SMILES string of the molecule is [CH2]CCCOC#CCCCCCCCCCCCC. The van der Waals surface area contributed by atoms with Crippen molar-refractivity contribution in [2.24, 2.45) is 0 Å². The summed E-state index contributed by atoms with van der Waals surface area (Å²) in [7, 11) is 0. The van der Waals surface area contributed by atoms with E-state index in [1.165, 1.54) is 64.2 Å². The smallest absolute Gasteiger partial charge is 0.110 e. The van der Waals surface area contributed by atoms with Gasteiger partial charge in [-0.1, -0.05) is 84.0 Å². The van der Waals surface area contributed by atoms with Gasteiger partial charge in [0.05, 0.1) is 0 Å². The lowest BCUT2D eigenvalue weighted by Crippen LogP contribution is -1.85. The van der Waals surface area contributed by atoms with Gasteiger partial charge in [-0.15, -0.1) is 0 Å². The lowest BCUT2D eigenvalue weighted by atomic mass is 10.1. The van der Waals surface area contributed by atoms with Gasteiger partial charge in [0.2, 0.25) is 0 Å². The molecule has 0 heterocycles. The van der Waals surface area contributed by atoms with Crippen molar-refractivity contribution in [3.63, 3.8) is 0 Å². The summed E-state index contributed by atoms with van der Waals surface area (Å²) in [6.07, 6.45) is 19.5. The summed E-state index contributed by atoms with van der Waals surface area (Å²) in [4.78, 5) is 0. The van der Waals surface area contributed by atoms with Gasteiger partial charge < -0.3 is 4.74 Å². The number of hydrogen-bond donors (Lipinski definition) is 0. The first-order valence-electron chi connectivity index (χ1n) is 8.30. The molecule has 0 amide bonds. The summed E-state index contributed by atoms with van der Waals surface area (Å²) in [6.45, 7) is 6.76. The van der Waals surface area contributed by atoms with Gasteiger partial charge in [0.25, 0.3) is 0 Å². The van der Waals surface area contributed by atoms with E-state index >= 15 is 0 Å². The monoisotopic (exact) mass is 265 g/mol. The van der Waals surface area contributed by atoms with Gasteiger partial charge in [-0.2, -0.15) is 0 Å². The largest absolute Gasteiger partial charge is 0.447 e. The summed E-state index contributed by atoms with van der Waals surface area (Å²) < 4.78 is 5.16. The molecule has 0 bridgehead atoms. The van der Waals surface area contributed by atoms with Crippen molar-refractivity contribution in [2.75, 3.05) is 6.61 Å². The Morgan fingerprint density at radius 1 is 0.789 bits per heavy atom. The van der Waals surface area contributed by atoms with Gasteiger partial charge in [0.15, 0.2) is 0 Å². The molecule has 1 nitrogen and oxygen atoms in total.